The fourth-order valence-electron chi connectivity index (χ4n) is 5.37. The van der Waals surface area contributed by atoms with Crippen molar-refractivity contribution in [3.8, 4) is 0 Å². The summed E-state index contributed by atoms with van der Waals surface area (Å²) in [5.74, 6) is -1.55. The fraction of sp³-hybridized carbons (Fsp3) is 0.950. The van der Waals surface area contributed by atoms with Gasteiger partial charge in [-0.15, -0.1) is 0 Å². The molecule has 0 aromatic heterocycles. The van der Waals surface area contributed by atoms with E-state index in [2.05, 4.69) is 13.8 Å². The van der Waals surface area contributed by atoms with Gasteiger partial charge in [0.15, 0.2) is 0 Å². The smallest absolute Gasteiger partial charge is 0.247 e. The first-order valence-electron chi connectivity index (χ1n) is 19.6. The van der Waals surface area contributed by atoms with Crippen LogP contribution in [0.4, 0.5) is 0 Å². The van der Waals surface area contributed by atoms with Crippen LogP contribution in [0, 0.1) is 5.92 Å². The molecule has 286 valence electrons. The van der Waals surface area contributed by atoms with E-state index in [9.17, 15) is 9.59 Å². The lowest BCUT2D eigenvalue weighted by molar-refractivity contribution is -0.414. The highest BCUT2D eigenvalue weighted by Gasteiger charge is 2.38. The zero-order chi connectivity index (χ0) is 36.5. The summed E-state index contributed by atoms with van der Waals surface area (Å²) in [5.41, 5.74) is -2.42. The maximum atomic E-state index is 13.5. The SMILES string of the molecule is CCCCCCCCCCCC(=O)OOC(=O)C(CCCCCCCCCC)CC(C)(CCC(C)(C)OOC(C)(C)C)OOC(C)(C)C. The zero-order valence-electron chi connectivity index (χ0n) is 33.4. The molecule has 0 aromatic rings. The van der Waals surface area contributed by atoms with Crippen molar-refractivity contribution < 1.29 is 38.9 Å². The Labute approximate surface area is 296 Å². The quantitative estimate of drug-likeness (QED) is 0.0436. The van der Waals surface area contributed by atoms with Crippen molar-refractivity contribution in [2.45, 2.75) is 240 Å². The summed E-state index contributed by atoms with van der Waals surface area (Å²) in [6.45, 7) is 22.0. The lowest BCUT2D eigenvalue weighted by Gasteiger charge is -2.36. The van der Waals surface area contributed by atoms with Crippen molar-refractivity contribution in [1.29, 1.82) is 0 Å². The summed E-state index contributed by atoms with van der Waals surface area (Å²) < 4.78 is 0. The van der Waals surface area contributed by atoms with Gasteiger partial charge in [0.25, 0.3) is 0 Å². The van der Waals surface area contributed by atoms with E-state index >= 15 is 0 Å². The first-order valence-corrected chi connectivity index (χ1v) is 19.6. The zero-order valence-corrected chi connectivity index (χ0v) is 33.4. The lowest BCUT2D eigenvalue weighted by Crippen LogP contribution is -2.40. The van der Waals surface area contributed by atoms with Crippen molar-refractivity contribution in [3.05, 3.63) is 0 Å². The number of carbonyl (C=O) groups is 2. The molecule has 0 saturated heterocycles. The van der Waals surface area contributed by atoms with Gasteiger partial charge >= 0.3 is 11.9 Å². The monoisotopic (exact) mass is 687 g/mol. The number of carbonyl (C=O) groups excluding carboxylic acids is 2. The van der Waals surface area contributed by atoms with E-state index in [1.165, 1.54) is 70.6 Å². The largest absolute Gasteiger partial charge is 0.358 e. The molecule has 2 atom stereocenters. The van der Waals surface area contributed by atoms with Gasteiger partial charge in [0.1, 0.15) is 5.60 Å². The van der Waals surface area contributed by atoms with Crippen molar-refractivity contribution in [3.63, 3.8) is 0 Å². The summed E-state index contributed by atoms with van der Waals surface area (Å²) >= 11 is 0. The molecule has 0 radical (unpaired) electrons. The minimum atomic E-state index is -0.833. The molecule has 0 aromatic carbocycles. The van der Waals surface area contributed by atoms with Gasteiger partial charge in [0.2, 0.25) is 0 Å². The third-order valence-corrected chi connectivity index (χ3v) is 8.38. The highest BCUT2D eigenvalue weighted by atomic mass is 17.2. The molecule has 0 aliphatic heterocycles. The molecule has 0 aliphatic carbocycles. The Bertz CT molecular complexity index is 813. The van der Waals surface area contributed by atoms with Crippen LogP contribution < -0.4 is 0 Å². The predicted molar refractivity (Wildman–Crippen MR) is 195 cm³/mol. The van der Waals surface area contributed by atoms with Gasteiger partial charge in [-0.1, -0.05) is 117 Å². The average molecular weight is 687 g/mol. The third kappa shape index (κ3) is 28.6. The molecule has 2 unspecified atom stereocenters. The average Bonchev–Trinajstić information content (AvgIpc) is 3.00. The van der Waals surface area contributed by atoms with Crippen LogP contribution in [0.25, 0.3) is 0 Å². The highest BCUT2D eigenvalue weighted by molar-refractivity contribution is 5.74. The van der Waals surface area contributed by atoms with E-state index in [1.807, 2.05) is 62.3 Å². The van der Waals surface area contributed by atoms with E-state index < -0.39 is 40.3 Å². The van der Waals surface area contributed by atoms with Crippen molar-refractivity contribution in [2.75, 3.05) is 0 Å². The molecular formula is C40H78O8. The molecule has 8 heteroatoms. The van der Waals surface area contributed by atoms with Gasteiger partial charge in [-0.25, -0.2) is 38.9 Å². The summed E-state index contributed by atoms with van der Waals surface area (Å²) in [4.78, 5) is 59.6. The number of unbranched alkanes of at least 4 members (excludes halogenated alkanes) is 15. The standard InChI is InChI=1S/C40H78O8/c1-12-14-16-18-20-22-24-26-28-30-35(41)43-44-36(42)34(29-27-25-23-21-19-17-15-13-2)33-40(11,48-46-38(6,7)8)32-31-39(9,10)47-45-37(3,4)5/h34H,12-33H2,1-11H3. The van der Waals surface area contributed by atoms with Crippen LogP contribution in [0.5, 0.6) is 0 Å². The molecule has 0 heterocycles. The first-order chi connectivity index (χ1) is 22.4. The van der Waals surface area contributed by atoms with Crippen LogP contribution in [0.1, 0.15) is 217 Å². The second-order valence-corrected chi connectivity index (χ2v) is 16.9. The minimum absolute atomic E-state index is 0.248. The molecule has 0 bridgehead atoms. The summed E-state index contributed by atoms with van der Waals surface area (Å²) in [7, 11) is 0. The number of hydrogen-bond acceptors (Lipinski definition) is 8. The van der Waals surface area contributed by atoms with E-state index in [-0.39, 0.29) is 6.42 Å². The van der Waals surface area contributed by atoms with Crippen LogP contribution >= 0.6 is 0 Å². The van der Waals surface area contributed by atoms with Crippen molar-refractivity contribution in [2.24, 2.45) is 5.92 Å². The topological polar surface area (TPSA) is 89.5 Å². The molecule has 48 heavy (non-hydrogen) atoms. The van der Waals surface area contributed by atoms with Gasteiger partial charge in [0, 0.05) is 0 Å². The summed E-state index contributed by atoms with van der Waals surface area (Å²) in [5, 5.41) is 0. The van der Waals surface area contributed by atoms with Crippen LogP contribution in [0.3, 0.4) is 0 Å². The highest BCUT2D eigenvalue weighted by Crippen LogP contribution is 2.35. The molecule has 0 aliphatic rings. The van der Waals surface area contributed by atoms with Crippen LogP contribution in [0.2, 0.25) is 0 Å². The van der Waals surface area contributed by atoms with Gasteiger partial charge in [-0.2, -0.15) is 0 Å². The molecule has 8 nitrogen and oxygen atoms in total. The normalized spacial score (nSPS) is 14.5. The Kier molecular flexibility index (Phi) is 25.0. The van der Waals surface area contributed by atoms with E-state index in [4.69, 9.17) is 29.3 Å². The Morgan fingerprint density at radius 2 is 0.938 bits per heavy atom. The van der Waals surface area contributed by atoms with E-state index in [0.717, 1.165) is 38.5 Å². The van der Waals surface area contributed by atoms with Gasteiger partial charge in [-0.3, -0.25) is 0 Å². The number of hydrogen-bond donors (Lipinski definition) is 0. The van der Waals surface area contributed by atoms with Gasteiger partial charge < -0.3 is 0 Å². The second kappa shape index (κ2) is 25.7. The van der Waals surface area contributed by atoms with Crippen LogP contribution in [0.15, 0.2) is 0 Å². The van der Waals surface area contributed by atoms with Crippen LogP contribution in [-0.4, -0.2) is 34.3 Å². The van der Waals surface area contributed by atoms with Crippen LogP contribution in [-0.2, 0) is 38.9 Å². The Balaban J connectivity index is 5.34. The molecular weight excluding hydrogens is 608 g/mol. The first kappa shape index (κ1) is 46.8. The maximum Gasteiger partial charge on any atom is 0.358 e. The van der Waals surface area contributed by atoms with Gasteiger partial charge in [-0.05, 0) is 94.4 Å². The Morgan fingerprint density at radius 1 is 0.500 bits per heavy atom. The molecule has 0 spiro atoms. The second-order valence-electron chi connectivity index (χ2n) is 16.9. The third-order valence-electron chi connectivity index (χ3n) is 8.38. The minimum Gasteiger partial charge on any atom is -0.247 e. The maximum absolute atomic E-state index is 13.5. The molecule has 0 rings (SSSR count). The van der Waals surface area contributed by atoms with Crippen molar-refractivity contribution >= 4 is 11.9 Å². The summed E-state index contributed by atoms with van der Waals surface area (Å²) in [6, 6.07) is 0. The molecule has 0 fully saturated rings. The Hall–Kier alpha value is -1.22. The molecule has 0 amide bonds. The fourth-order valence-corrected chi connectivity index (χ4v) is 5.37. The van der Waals surface area contributed by atoms with E-state index in [0.29, 0.717) is 25.7 Å². The Morgan fingerprint density at radius 3 is 1.42 bits per heavy atom. The van der Waals surface area contributed by atoms with E-state index in [1.54, 1.807) is 0 Å². The van der Waals surface area contributed by atoms with Crippen molar-refractivity contribution in [1.82, 2.24) is 0 Å². The lowest BCUT2D eigenvalue weighted by atomic mass is 9.83. The molecule has 0 saturated carbocycles. The molecule has 0 N–H and O–H groups in total. The summed E-state index contributed by atoms with van der Waals surface area (Å²) in [6.07, 6.45) is 22.1. The van der Waals surface area contributed by atoms with Gasteiger partial charge in [0.05, 0.1) is 29.1 Å². The predicted octanol–water partition coefficient (Wildman–Crippen LogP) is 12.3. The number of rotatable bonds is 29.